The number of nitrogens with one attached hydrogen (secondary N) is 2. The molecule has 0 radical (unpaired) electrons. The normalized spacial score (nSPS) is 10.4. The van der Waals surface area contributed by atoms with E-state index in [-0.39, 0.29) is 11.8 Å². The van der Waals surface area contributed by atoms with Crippen molar-refractivity contribution in [2.24, 2.45) is 0 Å². The standard InChI is InChI=1S/C16H20N4O2/c1-5-20-11(3)15(10(2)19-20)16(22)18-14-8-6-13(7-9-14)17-12(4)21/h6-9H,5H2,1-4H3,(H,17,21)(H,18,22). The number of carbonyl (C=O) groups excluding carboxylic acids is 2. The number of anilines is 2. The van der Waals surface area contributed by atoms with Crippen molar-refractivity contribution in [1.29, 1.82) is 0 Å². The van der Waals surface area contributed by atoms with Gasteiger partial charge in [-0.25, -0.2) is 0 Å². The molecule has 0 aliphatic heterocycles. The van der Waals surface area contributed by atoms with Crippen molar-refractivity contribution in [1.82, 2.24) is 9.78 Å². The van der Waals surface area contributed by atoms with Crippen LogP contribution >= 0.6 is 0 Å². The van der Waals surface area contributed by atoms with E-state index in [1.165, 1.54) is 6.92 Å². The van der Waals surface area contributed by atoms with Crippen molar-refractivity contribution in [3.8, 4) is 0 Å². The predicted octanol–water partition coefficient (Wildman–Crippen LogP) is 2.73. The summed E-state index contributed by atoms with van der Waals surface area (Å²) in [7, 11) is 0. The van der Waals surface area contributed by atoms with Gasteiger partial charge < -0.3 is 10.6 Å². The van der Waals surface area contributed by atoms with E-state index in [1.807, 2.05) is 25.5 Å². The van der Waals surface area contributed by atoms with Crippen LogP contribution < -0.4 is 10.6 Å². The number of hydrogen-bond acceptors (Lipinski definition) is 3. The van der Waals surface area contributed by atoms with Gasteiger partial charge in [-0.2, -0.15) is 5.10 Å². The fourth-order valence-electron chi connectivity index (χ4n) is 2.37. The van der Waals surface area contributed by atoms with Crippen LogP contribution in [0.4, 0.5) is 11.4 Å². The summed E-state index contributed by atoms with van der Waals surface area (Å²) in [6, 6.07) is 6.98. The quantitative estimate of drug-likeness (QED) is 0.911. The van der Waals surface area contributed by atoms with Gasteiger partial charge in [-0.15, -0.1) is 0 Å². The third-order valence-electron chi connectivity index (χ3n) is 3.37. The van der Waals surface area contributed by atoms with Crippen LogP contribution in [-0.2, 0) is 11.3 Å². The van der Waals surface area contributed by atoms with Gasteiger partial charge in [0.1, 0.15) is 0 Å². The number of aromatic nitrogens is 2. The number of amides is 2. The molecule has 0 saturated heterocycles. The summed E-state index contributed by atoms with van der Waals surface area (Å²) in [6.07, 6.45) is 0. The summed E-state index contributed by atoms with van der Waals surface area (Å²) in [4.78, 5) is 23.4. The lowest BCUT2D eigenvalue weighted by molar-refractivity contribution is -0.114. The first kappa shape index (κ1) is 15.8. The number of benzene rings is 1. The Morgan fingerprint density at radius 1 is 1.09 bits per heavy atom. The van der Waals surface area contributed by atoms with Crippen molar-refractivity contribution >= 4 is 23.2 Å². The van der Waals surface area contributed by atoms with Crippen LogP contribution in [0.3, 0.4) is 0 Å². The second kappa shape index (κ2) is 6.43. The van der Waals surface area contributed by atoms with Gasteiger partial charge in [0.2, 0.25) is 5.91 Å². The van der Waals surface area contributed by atoms with Gasteiger partial charge in [-0.05, 0) is 45.0 Å². The van der Waals surface area contributed by atoms with Crippen LogP contribution in [0.5, 0.6) is 0 Å². The van der Waals surface area contributed by atoms with Crippen LogP contribution in [-0.4, -0.2) is 21.6 Å². The molecule has 1 aromatic carbocycles. The van der Waals surface area contributed by atoms with Crippen molar-refractivity contribution in [3.05, 3.63) is 41.2 Å². The van der Waals surface area contributed by atoms with E-state index in [4.69, 9.17) is 0 Å². The molecule has 0 atom stereocenters. The van der Waals surface area contributed by atoms with Crippen LogP contribution in [0.25, 0.3) is 0 Å². The van der Waals surface area contributed by atoms with Gasteiger partial charge >= 0.3 is 0 Å². The molecule has 0 bridgehead atoms. The summed E-state index contributed by atoms with van der Waals surface area (Å²) < 4.78 is 1.81. The zero-order valence-corrected chi connectivity index (χ0v) is 13.2. The topological polar surface area (TPSA) is 76.0 Å². The molecule has 6 heteroatoms. The summed E-state index contributed by atoms with van der Waals surface area (Å²) >= 11 is 0. The Hall–Kier alpha value is -2.63. The number of carbonyl (C=O) groups is 2. The Morgan fingerprint density at radius 3 is 2.09 bits per heavy atom. The third kappa shape index (κ3) is 3.33. The molecule has 1 aromatic heterocycles. The van der Waals surface area contributed by atoms with Gasteiger partial charge in [0, 0.05) is 30.5 Å². The lowest BCUT2D eigenvalue weighted by Crippen LogP contribution is -2.14. The maximum atomic E-state index is 12.4. The summed E-state index contributed by atoms with van der Waals surface area (Å²) in [5.74, 6) is -0.308. The Kier molecular flexibility index (Phi) is 4.60. The van der Waals surface area contributed by atoms with E-state index >= 15 is 0 Å². The van der Waals surface area contributed by atoms with E-state index < -0.39 is 0 Å². The van der Waals surface area contributed by atoms with Gasteiger partial charge in [0.05, 0.1) is 11.3 Å². The largest absolute Gasteiger partial charge is 0.326 e. The second-order valence-electron chi connectivity index (χ2n) is 5.07. The molecule has 0 saturated carbocycles. The molecule has 2 amide bonds. The molecule has 0 aliphatic carbocycles. The third-order valence-corrected chi connectivity index (χ3v) is 3.37. The minimum absolute atomic E-state index is 0.130. The van der Waals surface area contributed by atoms with Gasteiger partial charge in [0.25, 0.3) is 5.91 Å². The molecule has 116 valence electrons. The van der Waals surface area contributed by atoms with Gasteiger partial charge in [-0.3, -0.25) is 14.3 Å². The molecule has 0 unspecified atom stereocenters. The molecule has 0 fully saturated rings. The first-order valence-corrected chi connectivity index (χ1v) is 7.15. The second-order valence-corrected chi connectivity index (χ2v) is 5.07. The lowest BCUT2D eigenvalue weighted by atomic mass is 10.1. The maximum absolute atomic E-state index is 12.4. The van der Waals surface area contributed by atoms with Crippen LogP contribution in [0.15, 0.2) is 24.3 Å². The maximum Gasteiger partial charge on any atom is 0.259 e. The van der Waals surface area contributed by atoms with E-state index in [1.54, 1.807) is 24.3 Å². The summed E-state index contributed by atoms with van der Waals surface area (Å²) in [5.41, 5.74) is 3.53. The smallest absolute Gasteiger partial charge is 0.259 e. The number of rotatable bonds is 4. The van der Waals surface area contributed by atoms with E-state index in [0.29, 0.717) is 22.6 Å². The first-order chi connectivity index (χ1) is 10.4. The monoisotopic (exact) mass is 300 g/mol. The average Bonchev–Trinajstić information content (AvgIpc) is 2.75. The zero-order valence-electron chi connectivity index (χ0n) is 13.2. The molecule has 0 aliphatic rings. The number of nitrogens with zero attached hydrogens (tertiary/aromatic N) is 2. The fraction of sp³-hybridized carbons (Fsp3) is 0.312. The first-order valence-electron chi connectivity index (χ1n) is 7.15. The molecular formula is C16H20N4O2. The lowest BCUT2D eigenvalue weighted by Gasteiger charge is -2.07. The van der Waals surface area contributed by atoms with Crippen molar-refractivity contribution in [2.45, 2.75) is 34.2 Å². The Labute approximate surface area is 129 Å². The van der Waals surface area contributed by atoms with Crippen LogP contribution in [0, 0.1) is 13.8 Å². The Bertz CT molecular complexity index is 702. The highest BCUT2D eigenvalue weighted by atomic mass is 16.2. The Morgan fingerprint density at radius 2 is 1.64 bits per heavy atom. The Balaban J connectivity index is 2.15. The van der Waals surface area contributed by atoms with Crippen molar-refractivity contribution < 1.29 is 9.59 Å². The molecule has 1 heterocycles. The summed E-state index contributed by atoms with van der Waals surface area (Å²) in [5, 5.41) is 9.88. The highest BCUT2D eigenvalue weighted by Crippen LogP contribution is 2.18. The van der Waals surface area contributed by atoms with E-state index in [2.05, 4.69) is 15.7 Å². The number of hydrogen-bond donors (Lipinski definition) is 2. The van der Waals surface area contributed by atoms with Gasteiger partial charge in [-0.1, -0.05) is 0 Å². The SMILES string of the molecule is CCn1nc(C)c(C(=O)Nc2ccc(NC(C)=O)cc2)c1C. The average molecular weight is 300 g/mol. The van der Waals surface area contributed by atoms with Crippen LogP contribution in [0.1, 0.15) is 35.6 Å². The minimum Gasteiger partial charge on any atom is -0.326 e. The van der Waals surface area contributed by atoms with Crippen LogP contribution in [0.2, 0.25) is 0 Å². The highest BCUT2D eigenvalue weighted by molar-refractivity contribution is 6.06. The number of aryl methyl sites for hydroxylation is 2. The molecule has 2 rings (SSSR count). The molecule has 2 N–H and O–H groups in total. The van der Waals surface area contributed by atoms with E-state index in [9.17, 15) is 9.59 Å². The fourth-order valence-corrected chi connectivity index (χ4v) is 2.37. The molecule has 6 nitrogen and oxygen atoms in total. The molecule has 2 aromatic rings. The van der Waals surface area contributed by atoms with E-state index in [0.717, 1.165) is 12.2 Å². The van der Waals surface area contributed by atoms with Crippen molar-refractivity contribution in [3.63, 3.8) is 0 Å². The molecule has 22 heavy (non-hydrogen) atoms. The summed E-state index contributed by atoms with van der Waals surface area (Å²) in [6.45, 7) is 7.88. The zero-order chi connectivity index (χ0) is 16.3. The molecular weight excluding hydrogens is 280 g/mol. The van der Waals surface area contributed by atoms with Crippen molar-refractivity contribution in [2.75, 3.05) is 10.6 Å². The molecule has 0 spiro atoms. The minimum atomic E-state index is -0.179. The predicted molar refractivity (Wildman–Crippen MR) is 86.1 cm³/mol. The van der Waals surface area contributed by atoms with Gasteiger partial charge in [0.15, 0.2) is 0 Å². The highest BCUT2D eigenvalue weighted by Gasteiger charge is 2.18.